The van der Waals surface area contributed by atoms with Crippen molar-refractivity contribution in [2.45, 2.75) is 25.1 Å². The van der Waals surface area contributed by atoms with Gasteiger partial charge in [0.25, 0.3) is 0 Å². The molecule has 1 amide bonds. The molecule has 0 aliphatic carbocycles. The first-order valence-electron chi connectivity index (χ1n) is 5.28. The highest BCUT2D eigenvalue weighted by atomic mass is 32.2. The molecule has 1 atom stereocenters. The molecule has 1 N–H and O–H groups in total. The predicted octanol–water partition coefficient (Wildman–Crippen LogP) is 2.18. The maximum Gasteiger partial charge on any atom is 0.228 e. The summed E-state index contributed by atoms with van der Waals surface area (Å²) in [4.78, 5) is 15.7. The maximum atomic E-state index is 11.3. The van der Waals surface area contributed by atoms with E-state index in [1.807, 2.05) is 25.1 Å². The Morgan fingerprint density at radius 3 is 2.88 bits per heavy atom. The van der Waals surface area contributed by atoms with Crippen LogP contribution in [0.5, 0.6) is 0 Å². The van der Waals surface area contributed by atoms with Gasteiger partial charge in [0.15, 0.2) is 5.17 Å². The molecule has 1 aromatic carbocycles. The molecule has 0 radical (unpaired) electrons. The molecule has 0 fully saturated rings. The Morgan fingerprint density at radius 2 is 2.19 bits per heavy atom. The third-order valence-corrected chi connectivity index (χ3v) is 3.24. The van der Waals surface area contributed by atoms with Gasteiger partial charge in [-0.05, 0) is 12.5 Å². The van der Waals surface area contributed by atoms with E-state index in [1.54, 1.807) is 11.8 Å². The largest absolute Gasteiger partial charge is 0.305 e. The maximum absolute atomic E-state index is 11.3. The summed E-state index contributed by atoms with van der Waals surface area (Å²) in [5.41, 5.74) is 1.24. The van der Waals surface area contributed by atoms with Gasteiger partial charge in [0.1, 0.15) is 0 Å². The minimum Gasteiger partial charge on any atom is -0.305 e. The molecule has 0 aromatic heterocycles. The Hall–Kier alpha value is -1.29. The fraction of sp³-hybridized carbons (Fsp3) is 0.333. The van der Waals surface area contributed by atoms with Gasteiger partial charge in [-0.15, -0.1) is 0 Å². The molecule has 3 nitrogen and oxygen atoms in total. The third-order valence-electron chi connectivity index (χ3n) is 2.28. The fourth-order valence-electron chi connectivity index (χ4n) is 1.52. The first-order valence-corrected chi connectivity index (χ1v) is 6.27. The zero-order valence-corrected chi connectivity index (χ0v) is 9.96. The molecule has 0 bridgehead atoms. The van der Waals surface area contributed by atoms with Crippen molar-refractivity contribution in [1.29, 1.82) is 0 Å². The van der Waals surface area contributed by atoms with Crippen LogP contribution in [0.1, 0.15) is 18.9 Å². The number of amides is 1. The van der Waals surface area contributed by atoms with E-state index in [2.05, 4.69) is 22.4 Å². The molecule has 0 spiro atoms. The van der Waals surface area contributed by atoms with Gasteiger partial charge >= 0.3 is 0 Å². The molecule has 16 heavy (non-hydrogen) atoms. The minimum absolute atomic E-state index is 0.0676. The van der Waals surface area contributed by atoms with Crippen molar-refractivity contribution >= 4 is 22.8 Å². The Kier molecular flexibility index (Phi) is 3.62. The van der Waals surface area contributed by atoms with Crippen LogP contribution in [0.15, 0.2) is 35.3 Å². The molecular weight excluding hydrogens is 220 g/mol. The number of thioether (sulfide) groups is 1. The van der Waals surface area contributed by atoms with Crippen molar-refractivity contribution in [3.8, 4) is 0 Å². The van der Waals surface area contributed by atoms with E-state index in [0.717, 1.165) is 10.9 Å². The van der Waals surface area contributed by atoms with Crippen LogP contribution in [0.3, 0.4) is 0 Å². The number of aliphatic imine (C=N–C) groups is 1. The number of hydrogen-bond acceptors (Lipinski definition) is 3. The first kappa shape index (κ1) is 11.2. The monoisotopic (exact) mass is 234 g/mol. The SMILES string of the molecule is C[C@H]1CC(=O)NC(SCc2ccccc2)=N1. The normalized spacial score (nSPS) is 20.2. The number of hydrogen-bond donors (Lipinski definition) is 1. The summed E-state index contributed by atoms with van der Waals surface area (Å²) < 4.78 is 0. The molecule has 84 valence electrons. The standard InChI is InChI=1S/C12H14N2OS/c1-9-7-11(15)14-12(13-9)16-8-10-5-3-2-4-6-10/h2-6,9H,7-8H2,1H3,(H,13,14,15)/t9-/m0/s1. The van der Waals surface area contributed by atoms with Gasteiger partial charge in [-0.25, -0.2) is 0 Å². The summed E-state index contributed by atoms with van der Waals surface area (Å²) >= 11 is 1.58. The highest BCUT2D eigenvalue weighted by Gasteiger charge is 2.17. The Balaban J connectivity index is 1.93. The molecule has 0 saturated carbocycles. The van der Waals surface area contributed by atoms with E-state index in [-0.39, 0.29) is 11.9 Å². The second-order valence-electron chi connectivity index (χ2n) is 3.81. The van der Waals surface area contributed by atoms with Gasteiger partial charge in [-0.3, -0.25) is 9.79 Å². The highest BCUT2D eigenvalue weighted by Crippen LogP contribution is 2.16. The average molecular weight is 234 g/mol. The quantitative estimate of drug-likeness (QED) is 0.852. The lowest BCUT2D eigenvalue weighted by molar-refractivity contribution is -0.120. The van der Waals surface area contributed by atoms with E-state index in [0.29, 0.717) is 6.42 Å². The van der Waals surface area contributed by atoms with Crippen molar-refractivity contribution < 1.29 is 4.79 Å². The van der Waals surface area contributed by atoms with Gasteiger partial charge < -0.3 is 5.32 Å². The van der Waals surface area contributed by atoms with E-state index in [9.17, 15) is 4.79 Å². The third kappa shape index (κ3) is 3.10. The second kappa shape index (κ2) is 5.16. The summed E-state index contributed by atoms with van der Waals surface area (Å²) in [5, 5.41) is 3.53. The van der Waals surface area contributed by atoms with Crippen LogP contribution in [-0.4, -0.2) is 17.1 Å². The minimum atomic E-state index is 0.0676. The van der Waals surface area contributed by atoms with E-state index < -0.39 is 0 Å². The lowest BCUT2D eigenvalue weighted by atomic mass is 10.2. The van der Waals surface area contributed by atoms with Crippen molar-refractivity contribution in [1.82, 2.24) is 5.32 Å². The number of benzene rings is 1. The van der Waals surface area contributed by atoms with Crippen LogP contribution < -0.4 is 5.32 Å². The van der Waals surface area contributed by atoms with Crippen molar-refractivity contribution in [2.75, 3.05) is 0 Å². The lowest BCUT2D eigenvalue weighted by Gasteiger charge is -2.17. The fourth-order valence-corrected chi connectivity index (χ4v) is 2.45. The molecule has 2 rings (SSSR count). The van der Waals surface area contributed by atoms with Crippen LogP contribution in [0.25, 0.3) is 0 Å². The number of nitrogens with one attached hydrogen (secondary N) is 1. The van der Waals surface area contributed by atoms with Crippen LogP contribution in [-0.2, 0) is 10.5 Å². The molecular formula is C12H14N2OS. The van der Waals surface area contributed by atoms with E-state index in [1.165, 1.54) is 5.56 Å². The number of rotatable bonds is 2. The van der Waals surface area contributed by atoms with Crippen molar-refractivity contribution in [3.63, 3.8) is 0 Å². The summed E-state index contributed by atoms with van der Waals surface area (Å²) in [6.07, 6.45) is 0.495. The predicted molar refractivity (Wildman–Crippen MR) is 67.4 cm³/mol. The summed E-state index contributed by atoms with van der Waals surface area (Å²) in [6.45, 7) is 1.96. The molecule has 1 aliphatic rings. The number of nitrogens with zero attached hydrogens (tertiary/aromatic N) is 1. The molecule has 0 unspecified atom stereocenters. The van der Waals surface area contributed by atoms with Crippen LogP contribution >= 0.6 is 11.8 Å². The number of amidine groups is 1. The van der Waals surface area contributed by atoms with Crippen LogP contribution in [0.2, 0.25) is 0 Å². The lowest BCUT2D eigenvalue weighted by Crippen LogP contribution is -2.35. The summed E-state index contributed by atoms with van der Waals surface area (Å²) in [7, 11) is 0. The molecule has 0 saturated heterocycles. The van der Waals surface area contributed by atoms with Crippen LogP contribution in [0, 0.1) is 0 Å². The van der Waals surface area contributed by atoms with Crippen molar-refractivity contribution in [2.24, 2.45) is 4.99 Å². The number of carbonyl (C=O) groups excluding carboxylic acids is 1. The van der Waals surface area contributed by atoms with E-state index >= 15 is 0 Å². The Bertz CT molecular complexity index is 403. The van der Waals surface area contributed by atoms with Crippen LogP contribution in [0.4, 0.5) is 0 Å². The molecule has 4 heteroatoms. The number of carbonyl (C=O) groups is 1. The van der Waals surface area contributed by atoms with Crippen molar-refractivity contribution in [3.05, 3.63) is 35.9 Å². The highest BCUT2D eigenvalue weighted by molar-refractivity contribution is 8.13. The summed E-state index contributed by atoms with van der Waals surface area (Å²) in [6, 6.07) is 10.3. The zero-order chi connectivity index (χ0) is 11.4. The zero-order valence-electron chi connectivity index (χ0n) is 9.14. The second-order valence-corrected chi connectivity index (χ2v) is 4.77. The molecule has 1 aliphatic heterocycles. The average Bonchev–Trinajstić information content (AvgIpc) is 2.27. The van der Waals surface area contributed by atoms with Gasteiger partial charge in [0.2, 0.25) is 5.91 Å². The van der Waals surface area contributed by atoms with Gasteiger partial charge in [-0.2, -0.15) is 0 Å². The van der Waals surface area contributed by atoms with Gasteiger partial charge in [-0.1, -0.05) is 42.1 Å². The first-order chi connectivity index (χ1) is 7.74. The van der Waals surface area contributed by atoms with E-state index in [4.69, 9.17) is 0 Å². The summed E-state index contributed by atoms with van der Waals surface area (Å²) in [5.74, 6) is 0.908. The smallest absolute Gasteiger partial charge is 0.228 e. The molecule has 1 aromatic rings. The topological polar surface area (TPSA) is 41.5 Å². The Morgan fingerprint density at radius 1 is 1.44 bits per heavy atom. The van der Waals surface area contributed by atoms with Gasteiger partial charge in [0.05, 0.1) is 6.04 Å². The van der Waals surface area contributed by atoms with Gasteiger partial charge in [0, 0.05) is 12.2 Å². The molecule has 1 heterocycles. The Labute approximate surface area is 99.3 Å².